The summed E-state index contributed by atoms with van der Waals surface area (Å²) in [6.07, 6.45) is 3.72. The summed E-state index contributed by atoms with van der Waals surface area (Å²) in [6.45, 7) is 3.29. The predicted octanol–water partition coefficient (Wildman–Crippen LogP) is 2.64. The Labute approximate surface area is 111 Å². The van der Waals surface area contributed by atoms with Crippen LogP contribution in [0.1, 0.15) is 18.5 Å². The molecular weight excluding hydrogens is 250 g/mol. The number of hydrogen-bond donors (Lipinski definition) is 1. The number of halogens is 1. The van der Waals surface area contributed by atoms with Gasteiger partial charge in [0.2, 0.25) is 0 Å². The molecule has 1 aromatic heterocycles. The molecule has 0 radical (unpaired) electrons. The Hall–Kier alpha value is -1.52. The molecule has 0 amide bonds. The van der Waals surface area contributed by atoms with Gasteiger partial charge < -0.3 is 10.5 Å². The summed E-state index contributed by atoms with van der Waals surface area (Å²) in [5.74, 6) is 0.762. The van der Waals surface area contributed by atoms with Crippen LogP contribution in [0.4, 0.5) is 0 Å². The summed E-state index contributed by atoms with van der Waals surface area (Å²) in [5.41, 5.74) is 7.01. The Kier molecular flexibility index (Phi) is 4.23. The second kappa shape index (κ2) is 5.89. The summed E-state index contributed by atoms with van der Waals surface area (Å²) in [7, 11) is 0. The number of benzene rings is 1. The molecule has 0 aliphatic carbocycles. The fourth-order valence-corrected chi connectivity index (χ4v) is 1.68. The van der Waals surface area contributed by atoms with Gasteiger partial charge in [0.1, 0.15) is 12.4 Å². The first-order valence-electron chi connectivity index (χ1n) is 5.85. The molecular formula is C13H16ClN3O. The van der Waals surface area contributed by atoms with Gasteiger partial charge in [0.25, 0.3) is 0 Å². The van der Waals surface area contributed by atoms with Crippen LogP contribution < -0.4 is 10.5 Å². The van der Waals surface area contributed by atoms with Gasteiger partial charge in [0, 0.05) is 23.3 Å². The van der Waals surface area contributed by atoms with Crippen LogP contribution in [0.2, 0.25) is 5.02 Å². The summed E-state index contributed by atoms with van der Waals surface area (Å²) in [4.78, 5) is 0. The minimum absolute atomic E-state index is 0.180. The molecule has 0 spiro atoms. The van der Waals surface area contributed by atoms with Gasteiger partial charge in [-0.25, -0.2) is 0 Å². The highest BCUT2D eigenvalue weighted by Gasteiger charge is 2.09. The second-order valence-electron chi connectivity index (χ2n) is 4.00. The maximum Gasteiger partial charge on any atom is 0.119 e. The lowest BCUT2D eigenvalue weighted by atomic mass is 10.2. The zero-order valence-corrected chi connectivity index (χ0v) is 11.0. The van der Waals surface area contributed by atoms with E-state index in [1.807, 2.05) is 29.9 Å². The largest absolute Gasteiger partial charge is 0.492 e. The van der Waals surface area contributed by atoms with E-state index in [2.05, 4.69) is 5.10 Å². The lowest BCUT2D eigenvalue weighted by Gasteiger charge is -2.11. The molecule has 2 rings (SSSR count). The maximum atomic E-state index is 6.04. The van der Waals surface area contributed by atoms with E-state index in [1.165, 1.54) is 0 Å². The number of hydrogen-bond acceptors (Lipinski definition) is 3. The number of ether oxygens (including phenoxy) is 1. The molecule has 96 valence electrons. The van der Waals surface area contributed by atoms with Crippen LogP contribution in [0.5, 0.6) is 5.75 Å². The van der Waals surface area contributed by atoms with Crippen LogP contribution in [0.25, 0.3) is 0 Å². The van der Waals surface area contributed by atoms with E-state index in [1.54, 1.807) is 18.3 Å². The fraction of sp³-hybridized carbons (Fsp3) is 0.308. The normalized spacial score (nSPS) is 12.4. The van der Waals surface area contributed by atoms with Gasteiger partial charge in [-0.2, -0.15) is 5.10 Å². The lowest BCUT2D eigenvalue weighted by molar-refractivity contribution is 0.290. The van der Waals surface area contributed by atoms with E-state index in [0.717, 1.165) is 17.9 Å². The Morgan fingerprint density at radius 3 is 2.72 bits per heavy atom. The van der Waals surface area contributed by atoms with Crippen LogP contribution in [-0.4, -0.2) is 16.4 Å². The van der Waals surface area contributed by atoms with Crippen molar-refractivity contribution in [1.82, 2.24) is 9.78 Å². The van der Waals surface area contributed by atoms with Crippen molar-refractivity contribution in [2.45, 2.75) is 19.5 Å². The molecule has 2 aromatic rings. The minimum Gasteiger partial charge on any atom is -0.492 e. The van der Waals surface area contributed by atoms with Gasteiger partial charge in [-0.05, 0) is 31.2 Å². The van der Waals surface area contributed by atoms with Gasteiger partial charge in [0.15, 0.2) is 0 Å². The third-order valence-corrected chi connectivity index (χ3v) is 2.90. The molecule has 1 unspecified atom stereocenters. The monoisotopic (exact) mass is 265 g/mol. The molecule has 1 atom stereocenters. The zero-order chi connectivity index (χ0) is 13.0. The highest BCUT2D eigenvalue weighted by Crippen LogP contribution is 2.17. The summed E-state index contributed by atoms with van der Waals surface area (Å²) in [5, 5.41) is 4.88. The van der Waals surface area contributed by atoms with Crippen molar-refractivity contribution in [3.63, 3.8) is 0 Å². The van der Waals surface area contributed by atoms with E-state index in [-0.39, 0.29) is 6.04 Å². The lowest BCUT2D eigenvalue weighted by Crippen LogP contribution is -2.18. The van der Waals surface area contributed by atoms with Crippen molar-refractivity contribution in [2.75, 3.05) is 6.61 Å². The van der Waals surface area contributed by atoms with Crippen molar-refractivity contribution in [1.29, 1.82) is 0 Å². The molecule has 18 heavy (non-hydrogen) atoms. The van der Waals surface area contributed by atoms with Gasteiger partial charge in [-0.3, -0.25) is 4.68 Å². The average molecular weight is 266 g/mol. The molecule has 0 saturated heterocycles. The quantitative estimate of drug-likeness (QED) is 0.904. The first-order chi connectivity index (χ1) is 8.69. The van der Waals surface area contributed by atoms with Gasteiger partial charge in [0.05, 0.1) is 12.2 Å². The summed E-state index contributed by atoms with van der Waals surface area (Å²) < 4.78 is 7.44. The number of aryl methyl sites for hydroxylation is 1. The number of nitrogens with two attached hydrogens (primary N) is 1. The Morgan fingerprint density at radius 1 is 1.39 bits per heavy atom. The molecule has 0 aliphatic heterocycles. The Bertz CT molecular complexity index is 495. The molecule has 5 heteroatoms. The topological polar surface area (TPSA) is 53.1 Å². The Morgan fingerprint density at radius 2 is 2.11 bits per heavy atom. The van der Waals surface area contributed by atoms with Crippen LogP contribution in [0.15, 0.2) is 36.7 Å². The fourth-order valence-electron chi connectivity index (χ4n) is 1.56. The molecule has 0 fully saturated rings. The number of nitrogens with zero attached hydrogens (tertiary/aromatic N) is 2. The predicted molar refractivity (Wildman–Crippen MR) is 71.8 cm³/mol. The first kappa shape index (κ1) is 12.9. The average Bonchev–Trinajstić information content (AvgIpc) is 2.86. The zero-order valence-electron chi connectivity index (χ0n) is 10.2. The molecule has 0 saturated carbocycles. The summed E-state index contributed by atoms with van der Waals surface area (Å²) in [6, 6.07) is 7.05. The molecule has 1 aromatic carbocycles. The second-order valence-corrected chi connectivity index (χ2v) is 4.44. The molecule has 4 nitrogen and oxygen atoms in total. The third kappa shape index (κ3) is 3.24. The van der Waals surface area contributed by atoms with E-state index in [4.69, 9.17) is 22.1 Å². The highest BCUT2D eigenvalue weighted by molar-refractivity contribution is 6.30. The molecule has 0 aliphatic rings. The third-order valence-electron chi connectivity index (χ3n) is 2.65. The van der Waals surface area contributed by atoms with E-state index < -0.39 is 0 Å². The maximum absolute atomic E-state index is 6.04. The van der Waals surface area contributed by atoms with Crippen molar-refractivity contribution >= 4 is 11.6 Å². The number of aromatic nitrogens is 2. The minimum atomic E-state index is -0.180. The van der Waals surface area contributed by atoms with Crippen LogP contribution in [0, 0.1) is 0 Å². The van der Waals surface area contributed by atoms with Crippen LogP contribution in [0.3, 0.4) is 0 Å². The smallest absolute Gasteiger partial charge is 0.119 e. The standard InChI is InChI=1S/C13H16ClN3O/c1-2-17-8-10(7-16-17)13(15)9-18-12-5-3-11(14)4-6-12/h3-8,13H,2,9,15H2,1H3. The molecule has 0 bridgehead atoms. The van der Waals surface area contributed by atoms with Gasteiger partial charge >= 0.3 is 0 Å². The summed E-state index contributed by atoms with van der Waals surface area (Å²) >= 11 is 5.80. The van der Waals surface area contributed by atoms with Gasteiger partial charge in [-0.1, -0.05) is 11.6 Å². The van der Waals surface area contributed by atoms with Gasteiger partial charge in [-0.15, -0.1) is 0 Å². The van der Waals surface area contributed by atoms with E-state index >= 15 is 0 Å². The van der Waals surface area contributed by atoms with E-state index in [9.17, 15) is 0 Å². The number of rotatable bonds is 5. The van der Waals surface area contributed by atoms with Crippen LogP contribution in [-0.2, 0) is 6.54 Å². The highest BCUT2D eigenvalue weighted by atomic mass is 35.5. The van der Waals surface area contributed by atoms with Crippen molar-refractivity contribution in [3.05, 3.63) is 47.2 Å². The SMILES string of the molecule is CCn1cc(C(N)COc2ccc(Cl)cc2)cn1. The molecule has 2 N–H and O–H groups in total. The van der Waals surface area contributed by atoms with Crippen LogP contribution >= 0.6 is 11.6 Å². The first-order valence-corrected chi connectivity index (χ1v) is 6.23. The Balaban J connectivity index is 1.91. The van der Waals surface area contributed by atoms with E-state index in [0.29, 0.717) is 11.6 Å². The molecule has 1 heterocycles. The van der Waals surface area contributed by atoms with Crippen molar-refractivity contribution < 1.29 is 4.74 Å². The van der Waals surface area contributed by atoms with Crippen molar-refractivity contribution in [2.24, 2.45) is 5.73 Å². The van der Waals surface area contributed by atoms with Crippen molar-refractivity contribution in [3.8, 4) is 5.75 Å².